The molecule has 1 heterocycles. The van der Waals surface area contributed by atoms with Crippen molar-refractivity contribution in [2.45, 2.75) is 6.92 Å². The second-order valence-corrected chi connectivity index (χ2v) is 5.23. The fourth-order valence-corrected chi connectivity index (χ4v) is 2.61. The minimum absolute atomic E-state index is 0.325. The van der Waals surface area contributed by atoms with Crippen LogP contribution < -0.4 is 4.74 Å². The van der Waals surface area contributed by atoms with E-state index in [1.807, 2.05) is 49.4 Å². The van der Waals surface area contributed by atoms with Gasteiger partial charge in [-0.3, -0.25) is 0 Å². The van der Waals surface area contributed by atoms with Crippen molar-refractivity contribution in [2.75, 3.05) is 6.61 Å². The van der Waals surface area contributed by atoms with Gasteiger partial charge in [-0.25, -0.2) is 4.68 Å². The largest absolute Gasteiger partial charge is 0.493 e. The molecule has 23 heavy (non-hydrogen) atoms. The molecule has 3 rings (SSSR count). The van der Waals surface area contributed by atoms with Gasteiger partial charge in [-0.1, -0.05) is 35.9 Å². The van der Waals surface area contributed by atoms with Crippen molar-refractivity contribution in [1.82, 2.24) is 9.78 Å². The van der Waals surface area contributed by atoms with Crippen molar-refractivity contribution < 1.29 is 4.74 Å². The summed E-state index contributed by atoms with van der Waals surface area (Å²) in [5.41, 5.74) is 2.67. The van der Waals surface area contributed by atoms with E-state index in [9.17, 15) is 5.26 Å². The number of benzene rings is 2. The monoisotopic (exact) mass is 323 g/mol. The van der Waals surface area contributed by atoms with E-state index in [1.54, 1.807) is 16.8 Å². The first-order chi connectivity index (χ1) is 11.2. The van der Waals surface area contributed by atoms with Crippen LogP contribution in [0.1, 0.15) is 12.6 Å². The minimum atomic E-state index is 0.325. The van der Waals surface area contributed by atoms with Crippen LogP contribution in [0.3, 0.4) is 0 Å². The number of nitrogens with zero attached hydrogens (tertiary/aromatic N) is 3. The minimum Gasteiger partial charge on any atom is -0.493 e. The Labute approximate surface area is 139 Å². The summed E-state index contributed by atoms with van der Waals surface area (Å²) in [6, 6.07) is 18.9. The third kappa shape index (κ3) is 2.92. The van der Waals surface area contributed by atoms with Crippen LogP contribution in [0.15, 0.2) is 54.6 Å². The van der Waals surface area contributed by atoms with E-state index in [0.29, 0.717) is 17.3 Å². The molecule has 0 N–H and O–H groups in total. The van der Waals surface area contributed by atoms with Crippen LogP contribution in [0.5, 0.6) is 5.75 Å². The number of hydrogen-bond donors (Lipinski definition) is 0. The fourth-order valence-electron chi connectivity index (χ4n) is 2.39. The molecular formula is C18H14ClN3O. The lowest BCUT2D eigenvalue weighted by atomic mass is 10.1. The Morgan fingerprint density at radius 2 is 1.91 bits per heavy atom. The Kier molecular flexibility index (Phi) is 4.31. The zero-order valence-electron chi connectivity index (χ0n) is 12.5. The van der Waals surface area contributed by atoms with E-state index in [0.717, 1.165) is 22.7 Å². The maximum absolute atomic E-state index is 9.22. The lowest BCUT2D eigenvalue weighted by Crippen LogP contribution is -2.02. The zero-order valence-corrected chi connectivity index (χ0v) is 13.3. The number of hydrogen-bond acceptors (Lipinski definition) is 3. The Balaban J connectivity index is 2.23. The Morgan fingerprint density at radius 3 is 2.65 bits per heavy atom. The van der Waals surface area contributed by atoms with Gasteiger partial charge in [0.05, 0.1) is 23.0 Å². The molecule has 4 nitrogen and oxygen atoms in total. The average molecular weight is 324 g/mol. The zero-order chi connectivity index (χ0) is 16.2. The van der Waals surface area contributed by atoms with Gasteiger partial charge < -0.3 is 4.74 Å². The Hall–Kier alpha value is -2.77. The van der Waals surface area contributed by atoms with Gasteiger partial charge in [-0.15, -0.1) is 0 Å². The highest BCUT2D eigenvalue weighted by molar-refractivity contribution is 6.32. The maximum atomic E-state index is 9.22. The van der Waals surface area contributed by atoms with Crippen LogP contribution in [0.4, 0.5) is 0 Å². The fraction of sp³-hybridized carbons (Fsp3) is 0.111. The maximum Gasteiger partial charge on any atom is 0.163 e. The number of halogens is 1. The molecule has 0 atom stereocenters. The number of para-hydroxylation sites is 2. The molecule has 0 saturated carbocycles. The van der Waals surface area contributed by atoms with Crippen LogP contribution in [-0.2, 0) is 0 Å². The SMILES string of the molecule is CCOc1ccccc1-c1cc(C#N)nn1-c1ccccc1Cl. The van der Waals surface area contributed by atoms with Gasteiger partial charge >= 0.3 is 0 Å². The second-order valence-electron chi connectivity index (χ2n) is 4.82. The quantitative estimate of drug-likeness (QED) is 0.712. The Morgan fingerprint density at radius 1 is 1.17 bits per heavy atom. The van der Waals surface area contributed by atoms with Crippen molar-refractivity contribution >= 4 is 11.6 Å². The van der Waals surface area contributed by atoms with E-state index in [4.69, 9.17) is 16.3 Å². The molecule has 5 heteroatoms. The predicted molar refractivity (Wildman–Crippen MR) is 89.9 cm³/mol. The first-order valence-corrected chi connectivity index (χ1v) is 7.59. The van der Waals surface area contributed by atoms with Crippen molar-refractivity contribution in [2.24, 2.45) is 0 Å². The highest BCUT2D eigenvalue weighted by Crippen LogP contribution is 2.33. The van der Waals surface area contributed by atoms with Crippen molar-refractivity contribution in [3.8, 4) is 28.8 Å². The number of rotatable bonds is 4. The molecule has 0 aliphatic rings. The smallest absolute Gasteiger partial charge is 0.163 e. The van der Waals surface area contributed by atoms with E-state index in [-0.39, 0.29) is 0 Å². The lowest BCUT2D eigenvalue weighted by Gasteiger charge is -2.12. The molecule has 0 aliphatic carbocycles. The molecule has 0 unspecified atom stereocenters. The first-order valence-electron chi connectivity index (χ1n) is 7.22. The van der Waals surface area contributed by atoms with Gasteiger partial charge in [0.2, 0.25) is 0 Å². The van der Waals surface area contributed by atoms with Crippen molar-refractivity contribution in [3.05, 3.63) is 65.3 Å². The van der Waals surface area contributed by atoms with E-state index >= 15 is 0 Å². The van der Waals surface area contributed by atoms with Crippen molar-refractivity contribution in [3.63, 3.8) is 0 Å². The number of ether oxygens (including phenoxy) is 1. The van der Waals surface area contributed by atoms with E-state index in [1.165, 1.54) is 0 Å². The average Bonchev–Trinajstić information content (AvgIpc) is 3.00. The summed E-state index contributed by atoms with van der Waals surface area (Å²) in [4.78, 5) is 0. The summed E-state index contributed by atoms with van der Waals surface area (Å²) < 4.78 is 7.38. The van der Waals surface area contributed by atoms with Gasteiger partial charge in [-0.05, 0) is 31.2 Å². The van der Waals surface area contributed by atoms with Gasteiger partial charge in [0.25, 0.3) is 0 Å². The summed E-state index contributed by atoms with van der Waals surface area (Å²) in [6.45, 7) is 2.49. The molecule has 0 fully saturated rings. The summed E-state index contributed by atoms with van der Waals surface area (Å²) in [5.74, 6) is 0.743. The molecule has 3 aromatic rings. The van der Waals surface area contributed by atoms with Crippen LogP contribution in [0, 0.1) is 11.3 Å². The van der Waals surface area contributed by atoms with Crippen molar-refractivity contribution in [1.29, 1.82) is 5.26 Å². The molecule has 1 aromatic heterocycles. The molecule has 2 aromatic carbocycles. The molecule has 0 amide bonds. The normalized spacial score (nSPS) is 10.3. The summed E-state index contributed by atoms with van der Waals surface area (Å²) >= 11 is 6.30. The summed E-state index contributed by atoms with van der Waals surface area (Å²) in [5, 5.41) is 14.1. The lowest BCUT2D eigenvalue weighted by molar-refractivity contribution is 0.341. The predicted octanol–water partition coefficient (Wildman–Crippen LogP) is 4.46. The highest BCUT2D eigenvalue weighted by Gasteiger charge is 2.16. The van der Waals surface area contributed by atoms with E-state index < -0.39 is 0 Å². The van der Waals surface area contributed by atoms with Gasteiger partial charge in [0, 0.05) is 11.6 Å². The third-order valence-corrected chi connectivity index (χ3v) is 3.69. The topological polar surface area (TPSA) is 50.8 Å². The number of aromatic nitrogens is 2. The van der Waals surface area contributed by atoms with Crippen LogP contribution in [0.2, 0.25) is 5.02 Å². The molecule has 0 radical (unpaired) electrons. The van der Waals surface area contributed by atoms with Gasteiger partial charge in [-0.2, -0.15) is 10.4 Å². The standard InChI is InChI=1S/C18H14ClN3O/c1-2-23-18-10-6-3-7-14(18)17-11-13(12-20)21-22(17)16-9-5-4-8-15(16)19/h3-11H,2H2,1H3. The highest BCUT2D eigenvalue weighted by atomic mass is 35.5. The molecular weight excluding hydrogens is 310 g/mol. The molecule has 0 saturated heterocycles. The summed E-state index contributed by atoms with van der Waals surface area (Å²) in [7, 11) is 0. The van der Waals surface area contributed by atoms with Crippen LogP contribution in [-0.4, -0.2) is 16.4 Å². The van der Waals surface area contributed by atoms with Gasteiger partial charge in [0.1, 0.15) is 11.8 Å². The molecule has 0 spiro atoms. The molecule has 114 valence electrons. The summed E-state index contributed by atoms with van der Waals surface area (Å²) in [6.07, 6.45) is 0. The third-order valence-electron chi connectivity index (χ3n) is 3.37. The van der Waals surface area contributed by atoms with Gasteiger partial charge in [0.15, 0.2) is 5.69 Å². The first kappa shape index (κ1) is 15.1. The number of nitriles is 1. The van der Waals surface area contributed by atoms with E-state index in [2.05, 4.69) is 11.2 Å². The molecule has 0 bridgehead atoms. The van der Waals surface area contributed by atoms with Crippen LogP contribution >= 0.6 is 11.6 Å². The van der Waals surface area contributed by atoms with Crippen LogP contribution in [0.25, 0.3) is 16.9 Å². The molecule has 0 aliphatic heterocycles. The second kappa shape index (κ2) is 6.55. The Bertz CT molecular complexity index is 880.